The van der Waals surface area contributed by atoms with Crippen LogP contribution in [0.5, 0.6) is 0 Å². The lowest BCUT2D eigenvalue weighted by Gasteiger charge is -2.19. The Kier molecular flexibility index (Phi) is 4.52. The minimum atomic E-state index is -3.50. The summed E-state index contributed by atoms with van der Waals surface area (Å²) in [5.41, 5.74) is 5.25. The van der Waals surface area contributed by atoms with Gasteiger partial charge < -0.3 is 5.73 Å². The van der Waals surface area contributed by atoms with Crippen LogP contribution in [0, 0.1) is 11.2 Å². The minimum absolute atomic E-state index is 0.0194. The summed E-state index contributed by atoms with van der Waals surface area (Å²) in [6.07, 6.45) is 0. The Morgan fingerprint density at radius 3 is 2.47 bits per heavy atom. The predicted molar refractivity (Wildman–Crippen MR) is 79.2 cm³/mol. The Balaban J connectivity index is 3.01. The number of benzene rings is 1. The summed E-state index contributed by atoms with van der Waals surface area (Å²) in [6, 6.07) is 3.75. The molecule has 0 saturated heterocycles. The molecule has 0 fully saturated rings. The molecule has 1 rings (SSSR count). The van der Waals surface area contributed by atoms with Crippen molar-refractivity contribution < 1.29 is 12.8 Å². The Morgan fingerprint density at radius 2 is 2.00 bits per heavy atom. The molecule has 3 N–H and O–H groups in total. The zero-order chi connectivity index (χ0) is 14.8. The third kappa shape index (κ3) is 5.12. The maximum Gasteiger partial charge on any atom is 0.233 e. The smallest absolute Gasteiger partial charge is 0.233 e. The molecular formula is C12H17FN2O2S2. The normalized spacial score (nSPS) is 12.2. The number of anilines is 1. The summed E-state index contributed by atoms with van der Waals surface area (Å²) in [4.78, 5) is -0.116. The summed E-state index contributed by atoms with van der Waals surface area (Å²) < 4.78 is 39.6. The number of nitrogens with two attached hydrogens (primary N) is 1. The number of nitrogens with one attached hydrogen (secondary N) is 1. The maximum absolute atomic E-state index is 13.4. The van der Waals surface area contributed by atoms with E-state index < -0.39 is 15.8 Å². The van der Waals surface area contributed by atoms with Crippen LogP contribution in [0.25, 0.3) is 0 Å². The molecule has 7 heteroatoms. The number of sulfonamides is 1. The Bertz CT molecular complexity index is 592. The van der Waals surface area contributed by atoms with Crippen LogP contribution in [-0.2, 0) is 10.0 Å². The van der Waals surface area contributed by atoms with Gasteiger partial charge in [0, 0.05) is 11.3 Å². The van der Waals surface area contributed by atoms with Gasteiger partial charge in [-0.15, -0.1) is 0 Å². The van der Waals surface area contributed by atoms with Gasteiger partial charge in [0.15, 0.2) is 0 Å². The molecule has 0 unspecified atom stereocenters. The van der Waals surface area contributed by atoms with E-state index in [4.69, 9.17) is 18.0 Å². The van der Waals surface area contributed by atoms with Crippen molar-refractivity contribution in [3.63, 3.8) is 0 Å². The average Bonchev–Trinajstić information content (AvgIpc) is 2.16. The molecule has 0 aliphatic rings. The van der Waals surface area contributed by atoms with Crippen LogP contribution in [0.2, 0.25) is 0 Å². The number of halogens is 1. The van der Waals surface area contributed by atoms with Crippen molar-refractivity contribution >= 4 is 32.9 Å². The third-order valence-corrected chi connectivity index (χ3v) is 4.14. The van der Waals surface area contributed by atoms with Gasteiger partial charge in [-0.05, 0) is 23.6 Å². The molecule has 0 saturated carbocycles. The highest BCUT2D eigenvalue weighted by Crippen LogP contribution is 2.20. The highest BCUT2D eigenvalue weighted by Gasteiger charge is 2.21. The first kappa shape index (κ1) is 15.8. The maximum atomic E-state index is 13.4. The SMILES string of the molecule is CC(C)(C)CS(=O)(=O)Nc1ccc(F)c(C(N)=S)c1. The van der Waals surface area contributed by atoms with Gasteiger partial charge in [-0.1, -0.05) is 33.0 Å². The standard InChI is InChI=1S/C12H17FN2O2S2/c1-12(2,3)7-19(16,17)15-8-4-5-10(13)9(6-8)11(14)18/h4-6,15H,7H2,1-3H3,(H2,14,18). The number of hydrogen-bond acceptors (Lipinski definition) is 3. The zero-order valence-corrected chi connectivity index (χ0v) is 12.7. The Hall–Kier alpha value is -1.21. The number of rotatable bonds is 4. The largest absolute Gasteiger partial charge is 0.389 e. The third-order valence-electron chi connectivity index (χ3n) is 2.13. The van der Waals surface area contributed by atoms with Gasteiger partial charge in [-0.3, -0.25) is 4.72 Å². The fraction of sp³-hybridized carbons (Fsp3) is 0.417. The van der Waals surface area contributed by atoms with Crippen LogP contribution in [0.3, 0.4) is 0 Å². The first-order valence-corrected chi connectivity index (χ1v) is 7.66. The van der Waals surface area contributed by atoms with Crippen molar-refractivity contribution in [2.45, 2.75) is 20.8 Å². The number of hydrogen-bond donors (Lipinski definition) is 2. The van der Waals surface area contributed by atoms with Crippen molar-refractivity contribution in [2.24, 2.45) is 11.1 Å². The van der Waals surface area contributed by atoms with Crippen LogP contribution >= 0.6 is 12.2 Å². The molecule has 0 spiro atoms. The molecular weight excluding hydrogens is 287 g/mol. The fourth-order valence-corrected chi connectivity index (χ4v) is 3.42. The molecule has 0 bridgehead atoms. The molecule has 1 aromatic rings. The van der Waals surface area contributed by atoms with E-state index in [0.29, 0.717) is 0 Å². The van der Waals surface area contributed by atoms with Gasteiger partial charge in [0.2, 0.25) is 10.0 Å². The van der Waals surface area contributed by atoms with E-state index in [1.165, 1.54) is 12.1 Å². The van der Waals surface area contributed by atoms with Gasteiger partial charge in [0.25, 0.3) is 0 Å². The van der Waals surface area contributed by atoms with E-state index >= 15 is 0 Å². The lowest BCUT2D eigenvalue weighted by atomic mass is 10.0. The van der Waals surface area contributed by atoms with Crippen LogP contribution in [-0.4, -0.2) is 19.2 Å². The molecule has 0 heterocycles. The summed E-state index contributed by atoms with van der Waals surface area (Å²) in [5.74, 6) is -0.619. The van der Waals surface area contributed by atoms with Crippen molar-refractivity contribution in [1.29, 1.82) is 0 Å². The highest BCUT2D eigenvalue weighted by molar-refractivity contribution is 7.92. The van der Waals surface area contributed by atoms with E-state index in [1.807, 2.05) is 20.8 Å². The average molecular weight is 304 g/mol. The molecule has 0 radical (unpaired) electrons. The van der Waals surface area contributed by atoms with Crippen molar-refractivity contribution in [1.82, 2.24) is 0 Å². The molecule has 1 aromatic carbocycles. The number of thiocarbonyl (C=S) groups is 1. The van der Waals surface area contributed by atoms with E-state index in [1.54, 1.807) is 0 Å². The molecule has 0 aliphatic heterocycles. The Morgan fingerprint density at radius 1 is 1.42 bits per heavy atom. The topological polar surface area (TPSA) is 72.2 Å². The second-order valence-electron chi connectivity index (χ2n) is 5.48. The first-order chi connectivity index (χ1) is 8.50. The summed E-state index contributed by atoms with van der Waals surface area (Å²) in [7, 11) is -3.50. The van der Waals surface area contributed by atoms with Gasteiger partial charge >= 0.3 is 0 Å². The van der Waals surface area contributed by atoms with Gasteiger partial charge in [0.05, 0.1) is 5.75 Å². The summed E-state index contributed by atoms with van der Waals surface area (Å²) in [6.45, 7) is 5.45. The van der Waals surface area contributed by atoms with Crippen LogP contribution < -0.4 is 10.5 Å². The minimum Gasteiger partial charge on any atom is -0.389 e. The van der Waals surface area contributed by atoms with Crippen molar-refractivity contribution in [2.75, 3.05) is 10.5 Å². The monoisotopic (exact) mass is 304 g/mol. The lowest BCUT2D eigenvalue weighted by molar-refractivity contribution is 0.463. The Labute approximate surface area is 118 Å². The van der Waals surface area contributed by atoms with Crippen LogP contribution in [0.15, 0.2) is 18.2 Å². The second-order valence-corrected chi connectivity index (χ2v) is 7.64. The zero-order valence-electron chi connectivity index (χ0n) is 11.0. The van der Waals surface area contributed by atoms with E-state index in [2.05, 4.69) is 4.72 Å². The van der Waals surface area contributed by atoms with Crippen LogP contribution in [0.4, 0.5) is 10.1 Å². The van der Waals surface area contributed by atoms with E-state index in [0.717, 1.165) is 6.07 Å². The predicted octanol–water partition coefficient (Wildman–Crippen LogP) is 2.25. The van der Waals surface area contributed by atoms with E-state index in [9.17, 15) is 12.8 Å². The molecule has 0 aliphatic carbocycles. The quantitative estimate of drug-likeness (QED) is 0.837. The first-order valence-electron chi connectivity index (χ1n) is 5.60. The van der Waals surface area contributed by atoms with Gasteiger partial charge in [0.1, 0.15) is 10.8 Å². The molecule has 19 heavy (non-hydrogen) atoms. The molecule has 0 aromatic heterocycles. The van der Waals surface area contributed by atoms with Gasteiger partial charge in [-0.2, -0.15) is 0 Å². The highest BCUT2D eigenvalue weighted by atomic mass is 32.2. The molecule has 106 valence electrons. The molecule has 0 amide bonds. The summed E-state index contributed by atoms with van der Waals surface area (Å²) >= 11 is 4.70. The van der Waals surface area contributed by atoms with Crippen molar-refractivity contribution in [3.8, 4) is 0 Å². The van der Waals surface area contributed by atoms with E-state index in [-0.39, 0.29) is 27.4 Å². The fourth-order valence-electron chi connectivity index (χ4n) is 1.56. The van der Waals surface area contributed by atoms with Gasteiger partial charge in [-0.25, -0.2) is 12.8 Å². The van der Waals surface area contributed by atoms with Crippen LogP contribution in [0.1, 0.15) is 26.3 Å². The molecule has 0 atom stereocenters. The van der Waals surface area contributed by atoms with Crippen molar-refractivity contribution in [3.05, 3.63) is 29.6 Å². The second kappa shape index (κ2) is 5.42. The molecule has 4 nitrogen and oxygen atoms in total. The summed E-state index contributed by atoms with van der Waals surface area (Å²) in [5, 5.41) is 0. The lowest BCUT2D eigenvalue weighted by Crippen LogP contribution is -2.26.